The van der Waals surface area contributed by atoms with Crippen molar-refractivity contribution in [1.82, 2.24) is 10.2 Å². The fraction of sp³-hybridized carbons (Fsp3) is 0.310. The molecule has 3 rings (SSSR count). The van der Waals surface area contributed by atoms with Gasteiger partial charge in [0.05, 0.1) is 24.8 Å². The predicted molar refractivity (Wildman–Crippen MR) is 160 cm³/mol. The van der Waals surface area contributed by atoms with E-state index >= 15 is 0 Å². The molecule has 0 saturated carbocycles. The minimum Gasteiger partial charge on any atom is -0.493 e. The number of hydrogen-bond donors (Lipinski definition) is 1. The predicted octanol–water partition coefficient (Wildman–Crippen LogP) is 5.29. The van der Waals surface area contributed by atoms with E-state index in [4.69, 9.17) is 32.7 Å². The van der Waals surface area contributed by atoms with Crippen molar-refractivity contribution in [2.45, 2.75) is 44.3 Å². The van der Waals surface area contributed by atoms with Gasteiger partial charge in [-0.2, -0.15) is 0 Å². The van der Waals surface area contributed by atoms with Crippen LogP contribution in [0.1, 0.15) is 26.3 Å². The molecule has 0 heterocycles. The summed E-state index contributed by atoms with van der Waals surface area (Å²) in [5, 5.41) is 3.43. The minimum atomic E-state index is -4.42. The zero-order valence-electron chi connectivity index (χ0n) is 23.7. The van der Waals surface area contributed by atoms with Gasteiger partial charge in [-0.1, -0.05) is 29.3 Å². The molecule has 3 aromatic rings. The first-order valence-corrected chi connectivity index (χ1v) is 15.0. The van der Waals surface area contributed by atoms with Gasteiger partial charge in [-0.05, 0) is 74.9 Å². The Labute approximate surface area is 255 Å². The summed E-state index contributed by atoms with van der Waals surface area (Å²) in [6, 6.07) is 12.2. The Balaban J connectivity index is 2.09. The third-order valence-corrected chi connectivity index (χ3v) is 8.65. The Bertz CT molecular complexity index is 1540. The average molecular weight is 641 g/mol. The molecule has 3 aromatic carbocycles. The number of hydrogen-bond acceptors (Lipinski definition) is 6. The first-order chi connectivity index (χ1) is 19.8. The quantitative estimate of drug-likeness (QED) is 0.289. The Morgan fingerprint density at radius 2 is 1.57 bits per heavy atom. The lowest BCUT2D eigenvalue weighted by atomic mass is 10.1. The van der Waals surface area contributed by atoms with E-state index in [0.29, 0.717) is 16.3 Å². The molecule has 0 saturated heterocycles. The molecule has 0 bridgehead atoms. The number of sulfonamides is 1. The molecule has 0 aliphatic rings. The fourth-order valence-electron chi connectivity index (χ4n) is 4.06. The van der Waals surface area contributed by atoms with Crippen LogP contribution in [0.15, 0.2) is 65.6 Å². The summed E-state index contributed by atoms with van der Waals surface area (Å²) in [5.41, 5.74) is 0.526. The van der Waals surface area contributed by atoms with Crippen LogP contribution in [0, 0.1) is 5.82 Å². The number of anilines is 1. The SMILES string of the molecule is COc1ccc(S(=O)(=O)N(CC(=O)N(Cc2ccc(Cl)cc2Cl)[C@H](C)C(=O)NC(C)C)c2ccc(F)cc2)cc1OC. The van der Waals surface area contributed by atoms with E-state index in [0.717, 1.165) is 16.4 Å². The summed E-state index contributed by atoms with van der Waals surface area (Å²) in [7, 11) is -1.65. The summed E-state index contributed by atoms with van der Waals surface area (Å²) in [6.07, 6.45) is 0. The number of halogens is 3. The number of amides is 2. The van der Waals surface area contributed by atoms with Gasteiger partial charge in [0.1, 0.15) is 18.4 Å². The van der Waals surface area contributed by atoms with Crippen molar-refractivity contribution in [3.8, 4) is 11.5 Å². The van der Waals surface area contributed by atoms with E-state index in [-0.39, 0.29) is 33.9 Å². The van der Waals surface area contributed by atoms with Crippen LogP contribution in [0.2, 0.25) is 10.0 Å². The van der Waals surface area contributed by atoms with E-state index in [2.05, 4.69) is 5.32 Å². The van der Waals surface area contributed by atoms with Gasteiger partial charge < -0.3 is 19.7 Å². The van der Waals surface area contributed by atoms with Gasteiger partial charge in [0.25, 0.3) is 10.0 Å². The smallest absolute Gasteiger partial charge is 0.264 e. The van der Waals surface area contributed by atoms with Crippen LogP contribution in [-0.2, 0) is 26.2 Å². The number of benzene rings is 3. The number of carbonyl (C=O) groups excluding carboxylic acids is 2. The van der Waals surface area contributed by atoms with Crippen molar-refractivity contribution in [2.75, 3.05) is 25.1 Å². The summed E-state index contributed by atoms with van der Waals surface area (Å²) in [6.45, 7) is 4.25. The molecule has 1 N–H and O–H groups in total. The molecule has 13 heteroatoms. The highest BCUT2D eigenvalue weighted by Gasteiger charge is 2.33. The molecule has 0 aliphatic heterocycles. The molecule has 2 amide bonds. The number of carbonyl (C=O) groups is 2. The molecule has 0 unspecified atom stereocenters. The molecule has 0 aromatic heterocycles. The summed E-state index contributed by atoms with van der Waals surface area (Å²) in [4.78, 5) is 28.0. The van der Waals surface area contributed by atoms with Crippen LogP contribution >= 0.6 is 23.2 Å². The van der Waals surface area contributed by atoms with Crippen molar-refractivity contribution >= 4 is 50.7 Å². The molecule has 42 heavy (non-hydrogen) atoms. The second-order valence-corrected chi connectivity index (χ2v) is 12.3. The van der Waals surface area contributed by atoms with Gasteiger partial charge in [-0.15, -0.1) is 0 Å². The van der Waals surface area contributed by atoms with Crippen molar-refractivity contribution in [1.29, 1.82) is 0 Å². The highest BCUT2D eigenvalue weighted by Crippen LogP contribution is 2.32. The molecule has 0 aliphatic carbocycles. The largest absolute Gasteiger partial charge is 0.493 e. The molecule has 0 radical (unpaired) electrons. The third kappa shape index (κ3) is 7.84. The maximum Gasteiger partial charge on any atom is 0.264 e. The Hall–Kier alpha value is -3.54. The number of nitrogens with one attached hydrogen (secondary N) is 1. The number of rotatable bonds is 12. The number of methoxy groups -OCH3 is 2. The highest BCUT2D eigenvalue weighted by atomic mass is 35.5. The summed E-state index contributed by atoms with van der Waals surface area (Å²) in [5.74, 6) is -1.29. The second kappa shape index (κ2) is 14.1. The molecular formula is C29H32Cl2FN3O6S. The first-order valence-electron chi connectivity index (χ1n) is 12.8. The Kier molecular flexibility index (Phi) is 11.1. The molecule has 226 valence electrons. The topological polar surface area (TPSA) is 105 Å². The second-order valence-electron chi connectivity index (χ2n) is 9.60. The lowest BCUT2D eigenvalue weighted by molar-refractivity contribution is -0.139. The first kappa shape index (κ1) is 33.0. The van der Waals surface area contributed by atoms with E-state index in [1.54, 1.807) is 26.0 Å². The maximum atomic E-state index is 14.0. The molecule has 0 fully saturated rings. The van der Waals surface area contributed by atoms with Crippen LogP contribution in [0.25, 0.3) is 0 Å². The van der Waals surface area contributed by atoms with Gasteiger partial charge in [0, 0.05) is 28.7 Å². The Morgan fingerprint density at radius 1 is 0.929 bits per heavy atom. The van der Waals surface area contributed by atoms with Gasteiger partial charge in [-0.25, -0.2) is 12.8 Å². The monoisotopic (exact) mass is 639 g/mol. The van der Waals surface area contributed by atoms with Crippen LogP contribution in [0.3, 0.4) is 0 Å². The van der Waals surface area contributed by atoms with E-state index in [9.17, 15) is 22.4 Å². The fourth-order valence-corrected chi connectivity index (χ4v) is 5.96. The summed E-state index contributed by atoms with van der Waals surface area (Å²) < 4.78 is 53.1. The number of ether oxygens (including phenoxy) is 2. The van der Waals surface area contributed by atoms with Crippen LogP contribution in [0.4, 0.5) is 10.1 Å². The molecule has 0 spiro atoms. The highest BCUT2D eigenvalue weighted by molar-refractivity contribution is 7.92. The molecular weight excluding hydrogens is 608 g/mol. The van der Waals surface area contributed by atoms with Gasteiger partial charge in [0.2, 0.25) is 11.8 Å². The summed E-state index contributed by atoms with van der Waals surface area (Å²) >= 11 is 12.4. The zero-order valence-corrected chi connectivity index (χ0v) is 26.1. The lowest BCUT2D eigenvalue weighted by Crippen LogP contribution is -2.52. The maximum absolute atomic E-state index is 14.0. The van der Waals surface area contributed by atoms with E-state index < -0.39 is 40.2 Å². The number of nitrogens with zero attached hydrogens (tertiary/aromatic N) is 2. The average Bonchev–Trinajstić information content (AvgIpc) is 2.94. The molecule has 9 nitrogen and oxygen atoms in total. The van der Waals surface area contributed by atoms with Gasteiger partial charge in [0.15, 0.2) is 11.5 Å². The van der Waals surface area contributed by atoms with Crippen LogP contribution in [-0.4, -0.2) is 58.0 Å². The van der Waals surface area contributed by atoms with E-state index in [1.165, 1.54) is 62.4 Å². The lowest BCUT2D eigenvalue weighted by Gasteiger charge is -2.32. The molecule has 1 atom stereocenters. The standard InChI is InChI=1S/C29H32Cl2FN3O6S/c1-18(2)33-29(37)19(3)34(16-20-6-7-21(30)14-25(20)31)28(36)17-35(23-10-8-22(32)9-11-23)42(38,39)24-12-13-26(40-4)27(15-24)41-5/h6-15,18-19H,16-17H2,1-5H3,(H,33,37)/t19-/m1/s1. The minimum absolute atomic E-state index is 0.0308. The Morgan fingerprint density at radius 3 is 2.14 bits per heavy atom. The van der Waals surface area contributed by atoms with Crippen LogP contribution in [0.5, 0.6) is 11.5 Å². The van der Waals surface area contributed by atoms with Gasteiger partial charge >= 0.3 is 0 Å². The third-order valence-electron chi connectivity index (χ3n) is 6.29. The van der Waals surface area contributed by atoms with Crippen molar-refractivity contribution in [2.24, 2.45) is 0 Å². The van der Waals surface area contributed by atoms with Crippen LogP contribution < -0.4 is 19.1 Å². The van der Waals surface area contributed by atoms with E-state index in [1.807, 2.05) is 0 Å². The van der Waals surface area contributed by atoms with Crippen molar-refractivity contribution < 1.29 is 31.9 Å². The van der Waals surface area contributed by atoms with Crippen molar-refractivity contribution in [3.63, 3.8) is 0 Å². The van der Waals surface area contributed by atoms with Gasteiger partial charge in [-0.3, -0.25) is 13.9 Å². The normalized spacial score (nSPS) is 12.0. The van der Waals surface area contributed by atoms with Crippen molar-refractivity contribution in [3.05, 3.63) is 82.1 Å². The zero-order chi connectivity index (χ0) is 31.2.